The third-order valence-electron chi connectivity index (χ3n) is 3.25. The first kappa shape index (κ1) is 13.2. The Kier molecular flexibility index (Phi) is 3.55. The van der Waals surface area contributed by atoms with Crippen molar-refractivity contribution >= 4 is 17.8 Å². The van der Waals surface area contributed by atoms with E-state index in [2.05, 4.69) is 10.9 Å². The van der Waals surface area contributed by atoms with Crippen LogP contribution in [-0.4, -0.2) is 10.9 Å². The molecule has 0 saturated carbocycles. The molecule has 2 N–H and O–H groups in total. The zero-order valence-corrected chi connectivity index (χ0v) is 11.2. The number of hydrazine groups is 1. The predicted octanol–water partition coefficient (Wildman–Crippen LogP) is 3.35. The van der Waals surface area contributed by atoms with Crippen LogP contribution in [0.5, 0.6) is 0 Å². The van der Waals surface area contributed by atoms with E-state index in [1.54, 1.807) is 23.2 Å². The molecule has 0 aliphatic carbocycles. The average molecular weight is 283 g/mol. The van der Waals surface area contributed by atoms with E-state index in [9.17, 15) is 9.18 Å². The summed E-state index contributed by atoms with van der Waals surface area (Å²) in [4.78, 5) is 13.6. The van der Waals surface area contributed by atoms with Gasteiger partial charge in [0.1, 0.15) is 5.82 Å². The van der Waals surface area contributed by atoms with E-state index < -0.39 is 0 Å². The molecule has 0 unspecified atom stereocenters. The first-order valence-electron chi connectivity index (χ1n) is 6.57. The fourth-order valence-electron chi connectivity index (χ4n) is 2.12. The van der Waals surface area contributed by atoms with Gasteiger partial charge in [0.05, 0.1) is 12.2 Å². The Morgan fingerprint density at radius 2 is 1.86 bits per heavy atom. The lowest BCUT2D eigenvalue weighted by Gasteiger charge is -2.24. The maximum Gasteiger partial charge on any atom is 0.340 e. The van der Waals surface area contributed by atoms with Gasteiger partial charge in [-0.15, -0.1) is 0 Å². The minimum absolute atomic E-state index is 0.273. The number of urea groups is 1. The highest BCUT2D eigenvalue weighted by Crippen LogP contribution is 2.19. The molecular formula is C16H14FN3O. The van der Waals surface area contributed by atoms with E-state index in [1.807, 2.05) is 30.3 Å². The lowest BCUT2D eigenvalue weighted by atomic mass is 10.0. The molecule has 1 aliphatic heterocycles. The van der Waals surface area contributed by atoms with Crippen LogP contribution in [-0.2, 0) is 6.54 Å². The highest BCUT2D eigenvalue weighted by atomic mass is 19.1. The van der Waals surface area contributed by atoms with Gasteiger partial charge in [0.15, 0.2) is 0 Å². The summed E-state index contributed by atoms with van der Waals surface area (Å²) in [5.74, 6) is -0.317. The Morgan fingerprint density at radius 1 is 1.10 bits per heavy atom. The molecule has 0 saturated heterocycles. The molecule has 3 rings (SSSR count). The Labute approximate surface area is 121 Å². The van der Waals surface area contributed by atoms with Gasteiger partial charge in [-0.2, -0.15) is 0 Å². The quantitative estimate of drug-likeness (QED) is 0.830. The minimum atomic E-state index is -0.317. The van der Waals surface area contributed by atoms with E-state index in [4.69, 9.17) is 0 Å². The zero-order valence-electron chi connectivity index (χ0n) is 11.2. The molecule has 0 fully saturated rings. The number of carbonyl (C=O) groups is 1. The molecule has 2 aromatic rings. The maximum atomic E-state index is 12.8. The van der Waals surface area contributed by atoms with Crippen LogP contribution < -0.4 is 10.9 Å². The summed E-state index contributed by atoms with van der Waals surface area (Å²) in [6.45, 7) is 0.517. The molecule has 0 atom stereocenters. The molecule has 5 heteroatoms. The van der Waals surface area contributed by atoms with E-state index >= 15 is 0 Å². The fourth-order valence-corrected chi connectivity index (χ4v) is 2.12. The molecule has 0 bridgehead atoms. The monoisotopic (exact) mass is 283 g/mol. The Morgan fingerprint density at radius 3 is 2.67 bits per heavy atom. The molecule has 4 nitrogen and oxygen atoms in total. The standard InChI is InChI=1S/C16H14FN3O/c17-14-5-7-15(8-6-14)18-19-16(21)20-10-9-12-3-1-2-4-13(12)11-20/h1-10,18H,11H2,(H,19,21). The molecule has 0 aromatic heterocycles. The molecule has 2 aromatic carbocycles. The number of rotatable bonds is 2. The van der Waals surface area contributed by atoms with Gasteiger partial charge < -0.3 is 0 Å². The van der Waals surface area contributed by atoms with Gasteiger partial charge >= 0.3 is 6.03 Å². The number of carbonyl (C=O) groups excluding carboxylic acids is 1. The maximum absolute atomic E-state index is 12.8. The Balaban J connectivity index is 1.61. The van der Waals surface area contributed by atoms with Crippen molar-refractivity contribution in [2.45, 2.75) is 6.54 Å². The number of hydrogen-bond donors (Lipinski definition) is 2. The van der Waals surface area contributed by atoms with Crippen molar-refractivity contribution in [3.8, 4) is 0 Å². The second kappa shape index (κ2) is 5.66. The third kappa shape index (κ3) is 3.02. The third-order valence-corrected chi connectivity index (χ3v) is 3.25. The molecule has 106 valence electrons. The number of anilines is 1. The fraction of sp³-hybridized carbons (Fsp3) is 0.0625. The Hall–Kier alpha value is -2.82. The van der Waals surface area contributed by atoms with Crippen LogP contribution in [0.25, 0.3) is 6.08 Å². The minimum Gasteiger partial charge on any atom is -0.297 e. The number of hydrogen-bond acceptors (Lipinski definition) is 2. The first-order valence-corrected chi connectivity index (χ1v) is 6.57. The van der Waals surface area contributed by atoms with Gasteiger partial charge in [0, 0.05) is 6.20 Å². The number of nitrogens with one attached hydrogen (secondary N) is 2. The normalized spacial score (nSPS) is 12.7. The molecule has 2 amide bonds. The Bertz CT molecular complexity index is 682. The van der Waals surface area contributed by atoms with Crippen molar-refractivity contribution in [1.29, 1.82) is 0 Å². The van der Waals surface area contributed by atoms with Crippen molar-refractivity contribution in [2.75, 3.05) is 5.43 Å². The molecule has 0 radical (unpaired) electrons. The van der Waals surface area contributed by atoms with Crippen LogP contribution in [0.3, 0.4) is 0 Å². The van der Waals surface area contributed by atoms with Crippen molar-refractivity contribution in [3.63, 3.8) is 0 Å². The van der Waals surface area contributed by atoms with E-state index in [0.717, 1.165) is 11.1 Å². The summed E-state index contributed by atoms with van der Waals surface area (Å²) in [6.07, 6.45) is 3.64. The number of fused-ring (bicyclic) bond motifs is 1. The van der Waals surface area contributed by atoms with Crippen LogP contribution in [0.15, 0.2) is 54.7 Å². The van der Waals surface area contributed by atoms with Gasteiger partial charge in [-0.3, -0.25) is 15.8 Å². The molecule has 21 heavy (non-hydrogen) atoms. The van der Waals surface area contributed by atoms with Crippen molar-refractivity contribution in [2.24, 2.45) is 0 Å². The zero-order chi connectivity index (χ0) is 14.7. The van der Waals surface area contributed by atoms with Crippen molar-refractivity contribution in [1.82, 2.24) is 10.3 Å². The molecular weight excluding hydrogens is 269 g/mol. The SMILES string of the molecule is O=C(NNc1ccc(F)cc1)N1C=Cc2ccccc2C1. The molecule has 1 heterocycles. The lowest BCUT2D eigenvalue weighted by Crippen LogP contribution is -2.40. The summed E-state index contributed by atoms with van der Waals surface area (Å²) in [5, 5.41) is 0. The second-order valence-electron chi connectivity index (χ2n) is 4.70. The van der Waals surface area contributed by atoms with Crippen LogP contribution in [0.1, 0.15) is 11.1 Å². The smallest absolute Gasteiger partial charge is 0.297 e. The number of amides is 2. The number of halogens is 1. The molecule has 0 spiro atoms. The largest absolute Gasteiger partial charge is 0.340 e. The van der Waals surface area contributed by atoms with Gasteiger partial charge in [-0.1, -0.05) is 24.3 Å². The van der Waals surface area contributed by atoms with Crippen LogP contribution in [0.2, 0.25) is 0 Å². The number of benzene rings is 2. The lowest BCUT2D eigenvalue weighted by molar-refractivity contribution is 0.215. The van der Waals surface area contributed by atoms with Crippen LogP contribution in [0, 0.1) is 5.82 Å². The summed E-state index contributed by atoms with van der Waals surface area (Å²) < 4.78 is 12.8. The van der Waals surface area contributed by atoms with Gasteiger partial charge in [-0.25, -0.2) is 9.18 Å². The topological polar surface area (TPSA) is 44.4 Å². The highest BCUT2D eigenvalue weighted by molar-refractivity contribution is 5.78. The summed E-state index contributed by atoms with van der Waals surface area (Å²) in [5.41, 5.74) is 8.16. The van der Waals surface area contributed by atoms with Crippen LogP contribution >= 0.6 is 0 Å². The van der Waals surface area contributed by atoms with Gasteiger partial charge in [-0.05, 0) is 41.5 Å². The second-order valence-corrected chi connectivity index (χ2v) is 4.70. The van der Waals surface area contributed by atoms with E-state index in [0.29, 0.717) is 12.2 Å². The van der Waals surface area contributed by atoms with E-state index in [1.165, 1.54) is 12.1 Å². The van der Waals surface area contributed by atoms with Crippen molar-refractivity contribution < 1.29 is 9.18 Å². The first-order chi connectivity index (χ1) is 10.2. The highest BCUT2D eigenvalue weighted by Gasteiger charge is 2.15. The molecule has 1 aliphatic rings. The summed E-state index contributed by atoms with van der Waals surface area (Å²) in [6, 6.07) is 13.4. The summed E-state index contributed by atoms with van der Waals surface area (Å²) >= 11 is 0. The van der Waals surface area contributed by atoms with Gasteiger partial charge in [0.2, 0.25) is 0 Å². The van der Waals surface area contributed by atoms with Gasteiger partial charge in [0.25, 0.3) is 0 Å². The predicted molar refractivity (Wildman–Crippen MR) is 79.6 cm³/mol. The average Bonchev–Trinajstić information content (AvgIpc) is 2.53. The number of nitrogens with zero attached hydrogens (tertiary/aromatic N) is 1. The van der Waals surface area contributed by atoms with E-state index in [-0.39, 0.29) is 11.8 Å². The summed E-state index contributed by atoms with van der Waals surface area (Å²) in [7, 11) is 0. The van der Waals surface area contributed by atoms with Crippen LogP contribution in [0.4, 0.5) is 14.9 Å². The van der Waals surface area contributed by atoms with Crippen molar-refractivity contribution in [3.05, 3.63) is 71.7 Å².